The molecule has 0 N–H and O–H groups in total. The Morgan fingerprint density at radius 1 is 1.10 bits per heavy atom. The van der Waals surface area contributed by atoms with Crippen molar-refractivity contribution in [2.45, 2.75) is 32.6 Å². The number of hydrogen-bond acceptors (Lipinski definition) is 4. The number of halogens is 2. The predicted octanol–water partition coefficient (Wildman–Crippen LogP) is 3.99. The van der Waals surface area contributed by atoms with Gasteiger partial charge in [-0.15, -0.1) is 0 Å². The number of rotatable bonds is 4. The summed E-state index contributed by atoms with van der Waals surface area (Å²) in [7, 11) is 1.29. The van der Waals surface area contributed by atoms with E-state index in [-0.39, 0.29) is 24.4 Å². The second-order valence-corrected chi connectivity index (χ2v) is 7.32. The molecule has 0 aliphatic carbocycles. The first-order chi connectivity index (χ1) is 14.3. The van der Waals surface area contributed by atoms with Crippen molar-refractivity contribution in [1.29, 1.82) is 0 Å². The van der Waals surface area contributed by atoms with E-state index in [1.165, 1.54) is 18.1 Å². The topological polar surface area (TPSA) is 59.1 Å². The third kappa shape index (κ3) is 4.94. The third-order valence-corrected chi connectivity index (χ3v) is 4.84. The summed E-state index contributed by atoms with van der Waals surface area (Å²) >= 11 is 0. The molecule has 3 rings (SSSR count). The molecule has 2 aromatic rings. The first-order valence-electron chi connectivity index (χ1n) is 9.62. The van der Waals surface area contributed by atoms with E-state index in [1.807, 2.05) is 13.8 Å². The Kier molecular flexibility index (Phi) is 6.66. The fourth-order valence-electron chi connectivity index (χ4n) is 3.51. The van der Waals surface area contributed by atoms with Crippen LogP contribution in [-0.2, 0) is 16.0 Å². The molecule has 1 aliphatic rings. The molecule has 2 unspecified atom stereocenters. The molecule has 1 fully saturated rings. The van der Waals surface area contributed by atoms with E-state index < -0.39 is 23.6 Å². The van der Waals surface area contributed by atoms with Crippen LogP contribution in [0.5, 0.6) is 0 Å². The van der Waals surface area contributed by atoms with Crippen molar-refractivity contribution in [3.05, 3.63) is 65.2 Å². The second kappa shape index (κ2) is 9.21. The van der Waals surface area contributed by atoms with Gasteiger partial charge in [0.05, 0.1) is 37.1 Å². The minimum atomic E-state index is -0.830. The summed E-state index contributed by atoms with van der Waals surface area (Å²) in [6, 6.07) is 9.19. The summed E-state index contributed by atoms with van der Waals surface area (Å²) in [6.45, 7) is 4.51. The molecule has 1 heterocycles. The van der Waals surface area contributed by atoms with Crippen LogP contribution < -0.4 is 4.90 Å². The molecule has 1 saturated heterocycles. The Labute approximate surface area is 174 Å². The van der Waals surface area contributed by atoms with Crippen LogP contribution in [0.1, 0.15) is 29.8 Å². The molecule has 2 atom stereocenters. The Morgan fingerprint density at radius 3 is 2.30 bits per heavy atom. The molecule has 6 nitrogen and oxygen atoms in total. The SMILES string of the molecule is COC(=O)c1ccc(CN(C(=O)N2CC(C)OC(C)C2)c2ccc(F)cc2F)cc1. The molecule has 0 radical (unpaired) electrons. The molecule has 2 aromatic carbocycles. The van der Waals surface area contributed by atoms with Crippen molar-refractivity contribution in [2.24, 2.45) is 0 Å². The molecule has 0 saturated carbocycles. The van der Waals surface area contributed by atoms with E-state index in [1.54, 1.807) is 29.2 Å². The Bertz CT molecular complexity index is 910. The average Bonchev–Trinajstić information content (AvgIpc) is 2.71. The minimum Gasteiger partial charge on any atom is -0.465 e. The van der Waals surface area contributed by atoms with Gasteiger partial charge in [0.25, 0.3) is 0 Å². The molecular formula is C22H24F2N2O4. The summed E-state index contributed by atoms with van der Waals surface area (Å²) in [5.74, 6) is -2.03. The van der Waals surface area contributed by atoms with E-state index in [4.69, 9.17) is 4.74 Å². The number of carbonyl (C=O) groups excluding carboxylic acids is 2. The van der Waals surface area contributed by atoms with Crippen molar-refractivity contribution in [2.75, 3.05) is 25.1 Å². The lowest BCUT2D eigenvalue weighted by Crippen LogP contribution is -2.53. The van der Waals surface area contributed by atoms with E-state index in [0.717, 1.165) is 12.1 Å². The highest BCUT2D eigenvalue weighted by atomic mass is 19.1. The summed E-state index contributed by atoms with van der Waals surface area (Å²) < 4.78 is 38.4. The van der Waals surface area contributed by atoms with Crippen LogP contribution in [0.2, 0.25) is 0 Å². The van der Waals surface area contributed by atoms with Crippen molar-refractivity contribution < 1.29 is 27.8 Å². The normalized spacial score (nSPS) is 18.8. The van der Waals surface area contributed by atoms with Crippen LogP contribution in [0.25, 0.3) is 0 Å². The number of carbonyl (C=O) groups is 2. The maximum atomic E-state index is 14.6. The molecule has 160 valence electrons. The quantitative estimate of drug-likeness (QED) is 0.705. The highest BCUT2D eigenvalue weighted by Crippen LogP contribution is 2.25. The first kappa shape index (κ1) is 21.7. The molecule has 0 spiro atoms. The molecule has 2 amide bonds. The van der Waals surface area contributed by atoms with Gasteiger partial charge >= 0.3 is 12.0 Å². The van der Waals surface area contributed by atoms with Gasteiger partial charge in [0, 0.05) is 19.2 Å². The van der Waals surface area contributed by atoms with Crippen LogP contribution >= 0.6 is 0 Å². The zero-order chi connectivity index (χ0) is 21.8. The fraction of sp³-hybridized carbons (Fsp3) is 0.364. The molecule has 0 bridgehead atoms. The number of morpholine rings is 1. The number of methoxy groups -OCH3 is 1. The van der Waals surface area contributed by atoms with Crippen LogP contribution in [0.3, 0.4) is 0 Å². The number of hydrogen-bond donors (Lipinski definition) is 0. The van der Waals surface area contributed by atoms with Gasteiger partial charge in [-0.25, -0.2) is 18.4 Å². The van der Waals surface area contributed by atoms with E-state index >= 15 is 0 Å². The number of urea groups is 1. The number of nitrogens with zero attached hydrogens (tertiary/aromatic N) is 2. The van der Waals surface area contributed by atoms with Crippen LogP contribution in [-0.4, -0.2) is 49.3 Å². The standard InChI is InChI=1S/C22H24F2N2O4/c1-14-11-25(12-15(2)30-14)22(28)26(20-9-8-18(23)10-19(20)24)13-16-4-6-17(7-5-16)21(27)29-3/h4-10,14-15H,11-13H2,1-3H3. The minimum absolute atomic E-state index is 0.0229. The Morgan fingerprint density at radius 2 is 1.73 bits per heavy atom. The van der Waals surface area contributed by atoms with Crippen LogP contribution in [0.4, 0.5) is 19.3 Å². The van der Waals surface area contributed by atoms with Gasteiger partial charge in [-0.05, 0) is 43.7 Å². The molecule has 30 heavy (non-hydrogen) atoms. The van der Waals surface area contributed by atoms with E-state index in [0.29, 0.717) is 24.2 Å². The van der Waals surface area contributed by atoms with Crippen LogP contribution in [0, 0.1) is 11.6 Å². The maximum absolute atomic E-state index is 14.6. The van der Waals surface area contributed by atoms with E-state index in [2.05, 4.69) is 4.74 Å². The zero-order valence-corrected chi connectivity index (χ0v) is 17.1. The van der Waals surface area contributed by atoms with Crippen molar-refractivity contribution in [3.63, 3.8) is 0 Å². The van der Waals surface area contributed by atoms with Crippen molar-refractivity contribution in [1.82, 2.24) is 4.90 Å². The van der Waals surface area contributed by atoms with Crippen molar-refractivity contribution >= 4 is 17.7 Å². The molecule has 0 aromatic heterocycles. The third-order valence-electron chi connectivity index (χ3n) is 4.84. The highest BCUT2D eigenvalue weighted by molar-refractivity contribution is 5.92. The van der Waals surface area contributed by atoms with E-state index in [9.17, 15) is 18.4 Å². The second-order valence-electron chi connectivity index (χ2n) is 7.32. The molecule has 1 aliphatic heterocycles. The lowest BCUT2D eigenvalue weighted by molar-refractivity contribution is -0.0537. The van der Waals surface area contributed by atoms with Gasteiger partial charge in [-0.1, -0.05) is 12.1 Å². The van der Waals surface area contributed by atoms with Gasteiger partial charge in [0.1, 0.15) is 11.6 Å². The summed E-state index contributed by atoms with van der Waals surface area (Å²) in [5.41, 5.74) is 1.02. The van der Waals surface area contributed by atoms with Crippen molar-refractivity contribution in [3.8, 4) is 0 Å². The lowest BCUT2D eigenvalue weighted by atomic mass is 10.1. The van der Waals surface area contributed by atoms with Crippen LogP contribution in [0.15, 0.2) is 42.5 Å². The van der Waals surface area contributed by atoms with Gasteiger partial charge in [0.15, 0.2) is 0 Å². The summed E-state index contributed by atoms with van der Waals surface area (Å²) in [4.78, 5) is 27.8. The monoisotopic (exact) mass is 418 g/mol. The largest absolute Gasteiger partial charge is 0.465 e. The summed E-state index contributed by atoms with van der Waals surface area (Å²) in [5, 5.41) is 0. The number of ether oxygens (including phenoxy) is 2. The predicted molar refractivity (Wildman–Crippen MR) is 107 cm³/mol. The van der Waals surface area contributed by atoms with Gasteiger partial charge in [0.2, 0.25) is 0 Å². The summed E-state index contributed by atoms with van der Waals surface area (Å²) in [6.07, 6.45) is -0.311. The smallest absolute Gasteiger partial charge is 0.337 e. The number of esters is 1. The first-order valence-corrected chi connectivity index (χ1v) is 9.62. The molecule has 8 heteroatoms. The number of anilines is 1. The number of benzene rings is 2. The average molecular weight is 418 g/mol. The lowest BCUT2D eigenvalue weighted by Gasteiger charge is -2.38. The van der Waals surface area contributed by atoms with Gasteiger partial charge in [-0.2, -0.15) is 0 Å². The highest BCUT2D eigenvalue weighted by Gasteiger charge is 2.31. The fourth-order valence-corrected chi connectivity index (χ4v) is 3.51. The maximum Gasteiger partial charge on any atom is 0.337 e. The molecular weight excluding hydrogens is 394 g/mol. The number of amides is 2. The van der Waals surface area contributed by atoms with Gasteiger partial charge in [-0.3, -0.25) is 4.90 Å². The Hall–Kier alpha value is -3.00. The Balaban J connectivity index is 1.91. The zero-order valence-electron chi connectivity index (χ0n) is 17.1. The van der Waals surface area contributed by atoms with Gasteiger partial charge < -0.3 is 14.4 Å².